The van der Waals surface area contributed by atoms with Crippen LogP contribution >= 0.6 is 0 Å². The molecule has 0 aromatic carbocycles. The van der Waals surface area contributed by atoms with Crippen molar-refractivity contribution in [2.24, 2.45) is 5.92 Å². The van der Waals surface area contributed by atoms with E-state index in [1.54, 1.807) is 0 Å². The molecule has 6 nitrogen and oxygen atoms in total. The van der Waals surface area contributed by atoms with Gasteiger partial charge in [0.15, 0.2) is 0 Å². The van der Waals surface area contributed by atoms with Crippen LogP contribution in [0.4, 0.5) is 0 Å². The van der Waals surface area contributed by atoms with E-state index in [0.29, 0.717) is 45.2 Å². The summed E-state index contributed by atoms with van der Waals surface area (Å²) in [7, 11) is 0. The number of likely N-dealkylation sites (tertiary alicyclic amines) is 1. The van der Waals surface area contributed by atoms with Crippen LogP contribution in [-0.2, 0) is 19.1 Å². The molecular formula is C21H34N2O4. The minimum Gasteiger partial charge on any atom is -0.372 e. The molecule has 1 unspecified atom stereocenters. The Bertz CT molecular complexity index is 532. The number of rotatable bonds is 3. The fourth-order valence-electron chi connectivity index (χ4n) is 5.26. The van der Waals surface area contributed by atoms with Gasteiger partial charge < -0.3 is 19.3 Å². The summed E-state index contributed by atoms with van der Waals surface area (Å²) in [6.07, 6.45) is 10.2. The van der Waals surface area contributed by atoms with Gasteiger partial charge >= 0.3 is 0 Å². The van der Waals surface area contributed by atoms with E-state index in [2.05, 4.69) is 4.90 Å². The second kappa shape index (κ2) is 8.48. The third-order valence-corrected chi connectivity index (χ3v) is 6.95. The largest absolute Gasteiger partial charge is 0.372 e. The summed E-state index contributed by atoms with van der Waals surface area (Å²) < 4.78 is 11.8. The molecule has 0 radical (unpaired) electrons. The van der Waals surface area contributed by atoms with Gasteiger partial charge in [0.1, 0.15) is 6.10 Å². The van der Waals surface area contributed by atoms with Gasteiger partial charge in [0, 0.05) is 32.8 Å². The fraction of sp³-hybridized carbons (Fsp3) is 0.905. The number of carbonyl (C=O) groups excluding carboxylic acids is 2. The number of piperidine rings is 1. The molecule has 4 fully saturated rings. The minimum absolute atomic E-state index is 0.145. The lowest BCUT2D eigenvalue weighted by Crippen LogP contribution is -2.54. The molecule has 2 amide bonds. The molecule has 1 atom stereocenters. The lowest BCUT2D eigenvalue weighted by molar-refractivity contribution is -0.148. The second-order valence-electron chi connectivity index (χ2n) is 8.89. The highest BCUT2D eigenvalue weighted by Gasteiger charge is 2.42. The van der Waals surface area contributed by atoms with E-state index in [9.17, 15) is 9.59 Å². The molecule has 0 N–H and O–H groups in total. The van der Waals surface area contributed by atoms with Crippen LogP contribution in [0.25, 0.3) is 0 Å². The summed E-state index contributed by atoms with van der Waals surface area (Å²) in [6.45, 7) is 4.23. The zero-order chi connectivity index (χ0) is 18.7. The van der Waals surface area contributed by atoms with Gasteiger partial charge in [-0.05, 0) is 44.4 Å². The van der Waals surface area contributed by atoms with Crippen molar-refractivity contribution in [3.05, 3.63) is 0 Å². The molecule has 152 valence electrons. The maximum atomic E-state index is 12.6. The summed E-state index contributed by atoms with van der Waals surface area (Å²) in [5.41, 5.74) is -0.270. The van der Waals surface area contributed by atoms with Gasteiger partial charge in [-0.2, -0.15) is 0 Å². The normalized spacial score (nSPS) is 29.9. The molecule has 4 rings (SSSR count). The Labute approximate surface area is 162 Å². The fourth-order valence-corrected chi connectivity index (χ4v) is 5.26. The molecule has 3 saturated heterocycles. The summed E-state index contributed by atoms with van der Waals surface area (Å²) in [5.74, 6) is 1.04. The Morgan fingerprint density at radius 3 is 2.52 bits per heavy atom. The van der Waals surface area contributed by atoms with E-state index in [0.717, 1.165) is 32.2 Å². The van der Waals surface area contributed by atoms with Gasteiger partial charge in [0.2, 0.25) is 5.91 Å². The van der Waals surface area contributed by atoms with Crippen molar-refractivity contribution in [1.82, 2.24) is 9.80 Å². The standard InChI is InChI=1S/C21H34N2O4/c24-19-8-14-27-21(16-23(19)15-17-5-2-1-3-6-17)9-11-22(12-10-21)20(25)18-7-4-13-26-18/h17-18H,1-16H2. The van der Waals surface area contributed by atoms with Crippen molar-refractivity contribution < 1.29 is 19.1 Å². The molecule has 0 bridgehead atoms. The van der Waals surface area contributed by atoms with Crippen LogP contribution in [0.15, 0.2) is 0 Å². The van der Waals surface area contributed by atoms with Gasteiger partial charge in [0.05, 0.1) is 18.6 Å². The van der Waals surface area contributed by atoms with Crippen LogP contribution in [0.2, 0.25) is 0 Å². The number of amides is 2. The SMILES string of the molecule is O=C1CCOC2(CCN(C(=O)C3CCCO3)CC2)CN1CC1CCCCC1. The molecule has 1 saturated carbocycles. The molecule has 6 heteroatoms. The summed E-state index contributed by atoms with van der Waals surface area (Å²) in [5, 5.41) is 0. The molecule has 1 spiro atoms. The first-order valence-electron chi connectivity index (χ1n) is 11.0. The monoisotopic (exact) mass is 378 g/mol. The first-order chi connectivity index (χ1) is 13.2. The van der Waals surface area contributed by atoms with Gasteiger partial charge in [-0.15, -0.1) is 0 Å². The minimum atomic E-state index is -0.270. The van der Waals surface area contributed by atoms with Crippen LogP contribution in [-0.4, -0.2) is 72.7 Å². The van der Waals surface area contributed by atoms with Crippen molar-refractivity contribution in [1.29, 1.82) is 0 Å². The van der Waals surface area contributed by atoms with Gasteiger partial charge in [-0.3, -0.25) is 9.59 Å². The van der Waals surface area contributed by atoms with E-state index in [1.165, 1.54) is 32.1 Å². The summed E-state index contributed by atoms with van der Waals surface area (Å²) in [6, 6.07) is 0. The number of nitrogens with zero attached hydrogens (tertiary/aromatic N) is 2. The van der Waals surface area contributed by atoms with E-state index in [1.807, 2.05) is 4.90 Å². The summed E-state index contributed by atoms with van der Waals surface area (Å²) >= 11 is 0. The Balaban J connectivity index is 1.35. The molecule has 3 heterocycles. The Morgan fingerprint density at radius 1 is 1.04 bits per heavy atom. The van der Waals surface area contributed by atoms with Crippen molar-refractivity contribution in [2.45, 2.75) is 75.9 Å². The quantitative estimate of drug-likeness (QED) is 0.756. The van der Waals surface area contributed by atoms with Crippen molar-refractivity contribution in [3.8, 4) is 0 Å². The number of hydrogen-bond acceptors (Lipinski definition) is 4. The average Bonchev–Trinajstić information content (AvgIpc) is 3.18. The maximum Gasteiger partial charge on any atom is 0.251 e. The van der Waals surface area contributed by atoms with Crippen molar-refractivity contribution >= 4 is 11.8 Å². The zero-order valence-corrected chi connectivity index (χ0v) is 16.5. The maximum absolute atomic E-state index is 12.6. The molecule has 0 aromatic heterocycles. The van der Waals surface area contributed by atoms with Crippen LogP contribution in [0.1, 0.15) is 64.2 Å². The number of hydrogen-bond donors (Lipinski definition) is 0. The predicted octanol–water partition coefficient (Wildman–Crippen LogP) is 2.36. The average molecular weight is 379 g/mol. The van der Waals surface area contributed by atoms with Gasteiger partial charge in [0.25, 0.3) is 5.91 Å². The van der Waals surface area contributed by atoms with Crippen molar-refractivity contribution in [3.63, 3.8) is 0 Å². The molecular weight excluding hydrogens is 344 g/mol. The molecule has 3 aliphatic heterocycles. The molecule has 27 heavy (non-hydrogen) atoms. The lowest BCUT2D eigenvalue weighted by atomic mass is 9.87. The Morgan fingerprint density at radius 2 is 1.81 bits per heavy atom. The zero-order valence-electron chi connectivity index (χ0n) is 16.5. The number of ether oxygens (including phenoxy) is 2. The van der Waals surface area contributed by atoms with E-state index in [-0.39, 0.29) is 23.5 Å². The van der Waals surface area contributed by atoms with Crippen LogP contribution < -0.4 is 0 Å². The van der Waals surface area contributed by atoms with Crippen LogP contribution in [0.3, 0.4) is 0 Å². The molecule has 4 aliphatic rings. The topological polar surface area (TPSA) is 59.1 Å². The molecule has 1 aliphatic carbocycles. The summed E-state index contributed by atoms with van der Waals surface area (Å²) in [4.78, 5) is 29.3. The van der Waals surface area contributed by atoms with Gasteiger partial charge in [-0.1, -0.05) is 19.3 Å². The van der Waals surface area contributed by atoms with Gasteiger partial charge in [-0.25, -0.2) is 0 Å². The number of carbonyl (C=O) groups is 2. The van der Waals surface area contributed by atoms with Crippen molar-refractivity contribution in [2.75, 3.05) is 39.4 Å². The predicted molar refractivity (Wildman–Crippen MR) is 101 cm³/mol. The van der Waals surface area contributed by atoms with E-state index < -0.39 is 0 Å². The highest BCUT2D eigenvalue weighted by Crippen LogP contribution is 2.33. The Kier molecular flexibility index (Phi) is 6.02. The smallest absolute Gasteiger partial charge is 0.251 e. The second-order valence-corrected chi connectivity index (χ2v) is 8.89. The van der Waals surface area contributed by atoms with Crippen LogP contribution in [0.5, 0.6) is 0 Å². The first kappa shape index (κ1) is 19.2. The molecule has 0 aromatic rings. The lowest BCUT2D eigenvalue weighted by Gasteiger charge is -2.43. The third kappa shape index (κ3) is 4.48. The Hall–Kier alpha value is -1.14. The van der Waals surface area contributed by atoms with E-state index in [4.69, 9.17) is 9.47 Å². The van der Waals surface area contributed by atoms with Crippen LogP contribution in [0, 0.1) is 5.92 Å². The highest BCUT2D eigenvalue weighted by atomic mass is 16.5. The third-order valence-electron chi connectivity index (χ3n) is 6.95. The first-order valence-corrected chi connectivity index (χ1v) is 11.0. The van der Waals surface area contributed by atoms with E-state index >= 15 is 0 Å². The highest BCUT2D eigenvalue weighted by molar-refractivity contribution is 5.81.